The Bertz CT molecular complexity index is 586. The minimum atomic E-state index is 0.168. The summed E-state index contributed by atoms with van der Waals surface area (Å²) < 4.78 is 0. The minimum absolute atomic E-state index is 0.168. The lowest BCUT2D eigenvalue weighted by molar-refractivity contribution is 0.238. The summed E-state index contributed by atoms with van der Waals surface area (Å²) in [7, 11) is 0. The van der Waals surface area contributed by atoms with Crippen LogP contribution in [0.4, 0.5) is 0 Å². The topological polar surface area (TPSA) is 3.24 Å². The Morgan fingerprint density at radius 2 is 1.36 bits per heavy atom. The zero-order valence-electron chi connectivity index (χ0n) is 13.6. The van der Waals surface area contributed by atoms with Crippen molar-refractivity contribution in [2.75, 3.05) is 13.1 Å². The van der Waals surface area contributed by atoms with Crippen LogP contribution in [0.2, 0.25) is 0 Å². The van der Waals surface area contributed by atoms with Crippen molar-refractivity contribution >= 4 is 0 Å². The van der Waals surface area contributed by atoms with E-state index in [0.717, 1.165) is 31.5 Å². The summed E-state index contributed by atoms with van der Waals surface area (Å²) in [4.78, 5) is 2.49. The standard InChI is InChI=1S/C21H25N/c1-3-17-22(18-4-2)21(20-13-9-6-10-14-20)16-15-19-11-7-5-8-12-19/h5-14,21H,3-4,17-18H2,1-2H3. The molecule has 1 heteroatoms. The van der Waals surface area contributed by atoms with E-state index >= 15 is 0 Å². The van der Waals surface area contributed by atoms with Gasteiger partial charge in [0.15, 0.2) is 0 Å². The number of hydrogen-bond donors (Lipinski definition) is 0. The van der Waals surface area contributed by atoms with Gasteiger partial charge in [-0.2, -0.15) is 0 Å². The van der Waals surface area contributed by atoms with Crippen LogP contribution < -0.4 is 0 Å². The summed E-state index contributed by atoms with van der Waals surface area (Å²) in [6.07, 6.45) is 2.30. The molecule has 0 saturated heterocycles. The van der Waals surface area contributed by atoms with E-state index in [1.54, 1.807) is 0 Å². The van der Waals surface area contributed by atoms with Crippen molar-refractivity contribution in [2.45, 2.75) is 32.7 Å². The van der Waals surface area contributed by atoms with Gasteiger partial charge in [0.1, 0.15) is 0 Å². The van der Waals surface area contributed by atoms with E-state index in [-0.39, 0.29) is 6.04 Å². The third kappa shape index (κ3) is 4.76. The first kappa shape index (κ1) is 16.3. The van der Waals surface area contributed by atoms with Crippen molar-refractivity contribution < 1.29 is 0 Å². The Hall–Kier alpha value is -2.04. The highest BCUT2D eigenvalue weighted by molar-refractivity contribution is 5.37. The molecule has 0 bridgehead atoms. The second-order valence-corrected chi connectivity index (χ2v) is 5.48. The molecule has 0 aliphatic carbocycles. The van der Waals surface area contributed by atoms with Gasteiger partial charge in [0.25, 0.3) is 0 Å². The highest BCUT2D eigenvalue weighted by Gasteiger charge is 2.16. The van der Waals surface area contributed by atoms with Crippen LogP contribution in [0.3, 0.4) is 0 Å². The predicted octanol–water partition coefficient (Wildman–Crippen LogP) is 4.90. The van der Waals surface area contributed by atoms with Crippen molar-refractivity contribution in [3.63, 3.8) is 0 Å². The van der Waals surface area contributed by atoms with Crippen LogP contribution in [0.15, 0.2) is 60.7 Å². The van der Waals surface area contributed by atoms with Crippen LogP contribution in [0.1, 0.15) is 43.9 Å². The maximum absolute atomic E-state index is 3.50. The molecule has 0 spiro atoms. The number of hydrogen-bond acceptors (Lipinski definition) is 1. The molecule has 1 nitrogen and oxygen atoms in total. The molecular weight excluding hydrogens is 266 g/mol. The highest BCUT2D eigenvalue weighted by Crippen LogP contribution is 2.20. The molecule has 0 aliphatic rings. The molecule has 2 aromatic carbocycles. The molecule has 0 aliphatic heterocycles. The highest BCUT2D eigenvalue weighted by atomic mass is 15.1. The summed E-state index contributed by atoms with van der Waals surface area (Å²) in [6, 6.07) is 21.0. The van der Waals surface area contributed by atoms with Crippen molar-refractivity contribution in [3.05, 3.63) is 71.8 Å². The number of rotatable bonds is 6. The second-order valence-electron chi connectivity index (χ2n) is 5.48. The van der Waals surface area contributed by atoms with E-state index in [9.17, 15) is 0 Å². The fourth-order valence-electron chi connectivity index (χ4n) is 2.64. The molecule has 2 aromatic rings. The van der Waals surface area contributed by atoms with Gasteiger partial charge in [-0.25, -0.2) is 0 Å². The minimum Gasteiger partial charge on any atom is -0.286 e. The number of benzene rings is 2. The first-order chi connectivity index (χ1) is 10.8. The molecule has 22 heavy (non-hydrogen) atoms. The van der Waals surface area contributed by atoms with Crippen molar-refractivity contribution in [1.82, 2.24) is 4.90 Å². The normalized spacial score (nSPS) is 11.8. The van der Waals surface area contributed by atoms with Gasteiger partial charge in [-0.3, -0.25) is 4.90 Å². The van der Waals surface area contributed by atoms with E-state index < -0.39 is 0 Å². The molecule has 1 unspecified atom stereocenters. The molecule has 114 valence electrons. The van der Waals surface area contributed by atoms with Gasteiger partial charge in [-0.05, 0) is 43.6 Å². The molecule has 0 saturated carbocycles. The van der Waals surface area contributed by atoms with E-state index in [1.165, 1.54) is 5.56 Å². The Kier molecular flexibility index (Phi) is 6.74. The van der Waals surface area contributed by atoms with E-state index in [1.807, 2.05) is 18.2 Å². The van der Waals surface area contributed by atoms with Gasteiger partial charge < -0.3 is 0 Å². The molecule has 0 N–H and O–H groups in total. The zero-order chi connectivity index (χ0) is 15.6. The van der Waals surface area contributed by atoms with Crippen molar-refractivity contribution in [3.8, 4) is 11.8 Å². The largest absolute Gasteiger partial charge is 0.286 e. The summed E-state index contributed by atoms with van der Waals surface area (Å²) in [6.45, 7) is 6.62. The average molecular weight is 291 g/mol. The molecule has 0 radical (unpaired) electrons. The molecule has 2 rings (SSSR count). The van der Waals surface area contributed by atoms with Gasteiger partial charge in [0.2, 0.25) is 0 Å². The zero-order valence-corrected chi connectivity index (χ0v) is 13.6. The third-order valence-electron chi connectivity index (χ3n) is 3.63. The fraction of sp³-hybridized carbons (Fsp3) is 0.333. The predicted molar refractivity (Wildman–Crippen MR) is 94.7 cm³/mol. The summed E-state index contributed by atoms with van der Waals surface area (Å²) >= 11 is 0. The first-order valence-electron chi connectivity index (χ1n) is 8.20. The van der Waals surface area contributed by atoms with Crippen molar-refractivity contribution in [2.24, 2.45) is 0 Å². The lowest BCUT2D eigenvalue weighted by Gasteiger charge is -2.28. The molecule has 0 fully saturated rings. The van der Waals surface area contributed by atoms with E-state index in [4.69, 9.17) is 0 Å². The van der Waals surface area contributed by atoms with Gasteiger partial charge in [-0.1, -0.05) is 74.2 Å². The lowest BCUT2D eigenvalue weighted by Crippen LogP contribution is -2.29. The van der Waals surface area contributed by atoms with Gasteiger partial charge >= 0.3 is 0 Å². The van der Waals surface area contributed by atoms with Crippen LogP contribution in [-0.4, -0.2) is 18.0 Å². The van der Waals surface area contributed by atoms with Crippen LogP contribution in [0.5, 0.6) is 0 Å². The third-order valence-corrected chi connectivity index (χ3v) is 3.63. The fourth-order valence-corrected chi connectivity index (χ4v) is 2.64. The van der Waals surface area contributed by atoms with Crippen LogP contribution >= 0.6 is 0 Å². The Morgan fingerprint density at radius 1 is 0.818 bits per heavy atom. The van der Waals surface area contributed by atoms with E-state index in [0.29, 0.717) is 0 Å². The van der Waals surface area contributed by atoms with Crippen molar-refractivity contribution in [1.29, 1.82) is 0 Å². The van der Waals surface area contributed by atoms with E-state index in [2.05, 4.69) is 73.1 Å². The summed E-state index contributed by atoms with van der Waals surface area (Å²) in [5.41, 5.74) is 2.37. The quantitative estimate of drug-likeness (QED) is 0.684. The maximum atomic E-state index is 3.50. The monoisotopic (exact) mass is 291 g/mol. The maximum Gasteiger partial charge on any atom is 0.0974 e. The molecule has 1 atom stereocenters. The van der Waals surface area contributed by atoms with Crippen LogP contribution in [-0.2, 0) is 0 Å². The van der Waals surface area contributed by atoms with Crippen LogP contribution in [0, 0.1) is 11.8 Å². The van der Waals surface area contributed by atoms with Gasteiger partial charge in [0, 0.05) is 5.56 Å². The summed E-state index contributed by atoms with van der Waals surface area (Å²) in [5, 5.41) is 0. The Balaban J connectivity index is 2.31. The lowest BCUT2D eigenvalue weighted by atomic mass is 10.0. The molecular formula is C21H25N. The van der Waals surface area contributed by atoms with Gasteiger partial charge in [0.05, 0.1) is 6.04 Å². The molecule has 0 amide bonds. The Morgan fingerprint density at radius 3 is 1.91 bits per heavy atom. The average Bonchev–Trinajstić information content (AvgIpc) is 2.57. The van der Waals surface area contributed by atoms with Gasteiger partial charge in [-0.15, -0.1) is 0 Å². The Labute approximate surface area is 135 Å². The summed E-state index contributed by atoms with van der Waals surface area (Å²) in [5.74, 6) is 6.85. The van der Waals surface area contributed by atoms with Crippen LogP contribution in [0.25, 0.3) is 0 Å². The smallest absolute Gasteiger partial charge is 0.0974 e. The molecule has 0 heterocycles. The first-order valence-corrected chi connectivity index (χ1v) is 8.20. The second kappa shape index (κ2) is 9.07. The number of nitrogens with zero attached hydrogens (tertiary/aromatic N) is 1. The SMILES string of the molecule is CCCN(CCC)C(C#Cc1ccccc1)c1ccccc1. The molecule has 0 aromatic heterocycles.